The molecule has 1 heterocycles. The minimum absolute atomic E-state index is 0. The molecular formula is C14H20ClN3O5. The van der Waals surface area contributed by atoms with Gasteiger partial charge in [-0.15, -0.1) is 12.4 Å². The first kappa shape index (κ1) is 19.1. The first-order valence-electron chi connectivity index (χ1n) is 6.97. The molecule has 1 amide bonds. The summed E-state index contributed by atoms with van der Waals surface area (Å²) in [5.74, 6) is 0.285. The third-order valence-electron chi connectivity index (χ3n) is 3.53. The number of halogens is 1. The van der Waals surface area contributed by atoms with Gasteiger partial charge in [0.15, 0.2) is 0 Å². The molecule has 0 aliphatic carbocycles. The number of nitro benzene ring substituents is 1. The number of hydrogen-bond acceptors (Lipinski definition) is 6. The maximum Gasteiger partial charge on any atom is 0.270 e. The molecule has 1 aromatic carbocycles. The van der Waals surface area contributed by atoms with Crippen LogP contribution >= 0.6 is 12.4 Å². The molecule has 0 unspecified atom stereocenters. The number of hydrogen-bond donors (Lipinski definition) is 2. The summed E-state index contributed by atoms with van der Waals surface area (Å²) >= 11 is 0. The number of carbonyl (C=O) groups excluding carboxylic acids is 1. The third-order valence-corrected chi connectivity index (χ3v) is 3.53. The smallest absolute Gasteiger partial charge is 0.270 e. The number of morpholine rings is 1. The van der Waals surface area contributed by atoms with Gasteiger partial charge in [-0.25, -0.2) is 0 Å². The Kier molecular flexibility index (Phi) is 7.21. The summed E-state index contributed by atoms with van der Waals surface area (Å²) in [6, 6.07) is 3.85. The van der Waals surface area contributed by atoms with Crippen molar-refractivity contribution in [2.45, 2.75) is 25.6 Å². The van der Waals surface area contributed by atoms with Gasteiger partial charge in [0.25, 0.3) is 5.69 Å². The number of nitrogens with one attached hydrogen (secondary N) is 2. The van der Waals surface area contributed by atoms with Gasteiger partial charge in [-0.3, -0.25) is 14.9 Å². The molecule has 8 nitrogen and oxygen atoms in total. The zero-order chi connectivity index (χ0) is 16.1. The van der Waals surface area contributed by atoms with Crippen LogP contribution in [-0.4, -0.2) is 43.2 Å². The molecule has 0 saturated carbocycles. The molecule has 1 aliphatic rings. The monoisotopic (exact) mass is 345 g/mol. The largest absolute Gasteiger partial charge is 0.496 e. The van der Waals surface area contributed by atoms with Crippen molar-refractivity contribution in [3.63, 3.8) is 0 Å². The van der Waals surface area contributed by atoms with Crippen molar-refractivity contribution in [2.75, 3.05) is 20.3 Å². The Morgan fingerprint density at radius 2 is 2.30 bits per heavy atom. The van der Waals surface area contributed by atoms with E-state index in [1.165, 1.54) is 25.3 Å². The molecule has 128 valence electrons. The molecular weight excluding hydrogens is 326 g/mol. The molecule has 2 atom stereocenters. The van der Waals surface area contributed by atoms with Crippen molar-refractivity contribution >= 4 is 24.0 Å². The van der Waals surface area contributed by atoms with E-state index in [1.54, 1.807) is 0 Å². The average molecular weight is 346 g/mol. The summed E-state index contributed by atoms with van der Waals surface area (Å²) in [5.41, 5.74) is 0.506. The Morgan fingerprint density at radius 1 is 1.57 bits per heavy atom. The lowest BCUT2D eigenvalue weighted by Gasteiger charge is -2.29. The predicted molar refractivity (Wildman–Crippen MR) is 85.9 cm³/mol. The second-order valence-electron chi connectivity index (χ2n) is 4.98. The second-order valence-corrected chi connectivity index (χ2v) is 4.98. The lowest BCUT2D eigenvalue weighted by atomic mass is 10.1. The zero-order valence-electron chi connectivity index (χ0n) is 12.9. The highest BCUT2D eigenvalue weighted by Crippen LogP contribution is 2.23. The van der Waals surface area contributed by atoms with E-state index in [0.29, 0.717) is 24.5 Å². The summed E-state index contributed by atoms with van der Waals surface area (Å²) < 4.78 is 10.6. The van der Waals surface area contributed by atoms with Crippen LogP contribution in [0.4, 0.5) is 5.69 Å². The molecule has 0 aromatic heterocycles. The van der Waals surface area contributed by atoms with Crippen LogP contribution in [0.15, 0.2) is 18.2 Å². The van der Waals surface area contributed by atoms with Crippen LogP contribution in [-0.2, 0) is 16.1 Å². The van der Waals surface area contributed by atoms with E-state index < -0.39 is 11.0 Å². The minimum Gasteiger partial charge on any atom is -0.496 e. The Morgan fingerprint density at radius 3 is 2.91 bits per heavy atom. The fourth-order valence-corrected chi connectivity index (χ4v) is 2.34. The molecule has 0 bridgehead atoms. The Bertz CT molecular complexity index is 569. The zero-order valence-corrected chi connectivity index (χ0v) is 13.7. The van der Waals surface area contributed by atoms with Crippen LogP contribution in [0.2, 0.25) is 0 Å². The predicted octanol–water partition coefficient (Wildman–Crippen LogP) is 1.02. The summed E-state index contributed by atoms with van der Waals surface area (Å²) in [4.78, 5) is 22.5. The van der Waals surface area contributed by atoms with Crippen LogP contribution in [0, 0.1) is 10.1 Å². The van der Waals surface area contributed by atoms with Crippen LogP contribution < -0.4 is 15.4 Å². The van der Waals surface area contributed by atoms with E-state index in [-0.39, 0.29) is 36.7 Å². The van der Waals surface area contributed by atoms with E-state index in [9.17, 15) is 14.9 Å². The Labute approximate surface area is 140 Å². The van der Waals surface area contributed by atoms with E-state index in [4.69, 9.17) is 9.47 Å². The van der Waals surface area contributed by atoms with E-state index in [2.05, 4.69) is 10.6 Å². The Balaban J connectivity index is 0.00000264. The second kappa shape index (κ2) is 8.66. The van der Waals surface area contributed by atoms with Gasteiger partial charge < -0.3 is 20.1 Å². The maximum absolute atomic E-state index is 12.2. The average Bonchev–Trinajstić information content (AvgIpc) is 2.52. The number of carbonyl (C=O) groups is 1. The number of methoxy groups -OCH3 is 1. The van der Waals surface area contributed by atoms with Crippen molar-refractivity contribution in [1.29, 1.82) is 0 Å². The first-order valence-corrected chi connectivity index (χ1v) is 6.97. The van der Waals surface area contributed by atoms with Gasteiger partial charge >= 0.3 is 0 Å². The van der Waals surface area contributed by atoms with Crippen LogP contribution in [0.3, 0.4) is 0 Å². The topological polar surface area (TPSA) is 103 Å². The number of nitro groups is 1. The normalized spacial score (nSPS) is 20.3. The summed E-state index contributed by atoms with van der Waals surface area (Å²) in [6.45, 7) is 3.16. The van der Waals surface area contributed by atoms with Crippen molar-refractivity contribution in [1.82, 2.24) is 10.6 Å². The van der Waals surface area contributed by atoms with Crippen LogP contribution in [0.5, 0.6) is 5.75 Å². The SMILES string of the molecule is COc1ccc([N+](=O)[O-])cc1CNC(=O)[C@H]1NCCO[C@@H]1C.Cl. The summed E-state index contributed by atoms with van der Waals surface area (Å²) in [5, 5.41) is 16.7. The maximum atomic E-state index is 12.2. The van der Waals surface area contributed by atoms with E-state index >= 15 is 0 Å². The van der Waals surface area contributed by atoms with Crippen molar-refractivity contribution in [2.24, 2.45) is 0 Å². The van der Waals surface area contributed by atoms with Gasteiger partial charge in [0, 0.05) is 30.8 Å². The van der Waals surface area contributed by atoms with Gasteiger partial charge in [0.05, 0.1) is 24.7 Å². The number of benzene rings is 1. The van der Waals surface area contributed by atoms with Gasteiger partial charge in [0.2, 0.25) is 5.91 Å². The molecule has 2 rings (SSSR count). The molecule has 0 spiro atoms. The number of rotatable bonds is 5. The summed E-state index contributed by atoms with van der Waals surface area (Å²) in [6.07, 6.45) is -0.222. The number of non-ortho nitro benzene ring substituents is 1. The van der Waals surface area contributed by atoms with Crippen molar-refractivity contribution in [3.8, 4) is 5.75 Å². The standard InChI is InChI=1S/C14H19N3O5.ClH/c1-9-13(15-5-6-22-9)14(18)16-8-10-7-11(17(19)20)3-4-12(10)21-2;/h3-4,7,9,13,15H,5-6,8H2,1-2H3,(H,16,18);1H/t9-,13+;/m1./s1. The van der Waals surface area contributed by atoms with Gasteiger partial charge in [-0.1, -0.05) is 0 Å². The van der Waals surface area contributed by atoms with E-state index in [0.717, 1.165) is 0 Å². The highest BCUT2D eigenvalue weighted by molar-refractivity contribution is 5.85. The molecule has 2 N–H and O–H groups in total. The highest BCUT2D eigenvalue weighted by Gasteiger charge is 2.28. The molecule has 1 fully saturated rings. The molecule has 1 aromatic rings. The number of nitrogens with zero attached hydrogens (tertiary/aromatic N) is 1. The van der Waals surface area contributed by atoms with Gasteiger partial charge in [-0.05, 0) is 13.0 Å². The van der Waals surface area contributed by atoms with Gasteiger partial charge in [0.1, 0.15) is 11.8 Å². The molecule has 23 heavy (non-hydrogen) atoms. The minimum atomic E-state index is -0.483. The molecule has 9 heteroatoms. The van der Waals surface area contributed by atoms with Gasteiger partial charge in [-0.2, -0.15) is 0 Å². The van der Waals surface area contributed by atoms with Crippen LogP contribution in [0.25, 0.3) is 0 Å². The van der Waals surface area contributed by atoms with Crippen LogP contribution in [0.1, 0.15) is 12.5 Å². The van der Waals surface area contributed by atoms with Crippen molar-refractivity contribution in [3.05, 3.63) is 33.9 Å². The fraction of sp³-hybridized carbons (Fsp3) is 0.500. The number of amides is 1. The highest BCUT2D eigenvalue weighted by atomic mass is 35.5. The van der Waals surface area contributed by atoms with Crippen molar-refractivity contribution < 1.29 is 19.2 Å². The lowest BCUT2D eigenvalue weighted by molar-refractivity contribution is -0.384. The Hall–Kier alpha value is -1.90. The lowest BCUT2D eigenvalue weighted by Crippen LogP contribution is -2.55. The molecule has 1 aliphatic heterocycles. The first-order chi connectivity index (χ1) is 10.5. The molecule has 0 radical (unpaired) electrons. The third kappa shape index (κ3) is 4.78. The number of ether oxygens (including phenoxy) is 2. The quantitative estimate of drug-likeness (QED) is 0.610. The van der Waals surface area contributed by atoms with E-state index in [1.807, 2.05) is 6.92 Å². The summed E-state index contributed by atoms with van der Waals surface area (Å²) in [7, 11) is 1.48. The fourth-order valence-electron chi connectivity index (χ4n) is 2.34. The molecule has 1 saturated heterocycles.